The van der Waals surface area contributed by atoms with Crippen molar-refractivity contribution in [1.82, 2.24) is 40.8 Å². The first kappa shape index (κ1) is 42.9. The summed E-state index contributed by atoms with van der Waals surface area (Å²) in [5.41, 5.74) is 6.00. The largest absolute Gasteiger partial charge is 0.453 e. The number of imidazole rings is 2. The van der Waals surface area contributed by atoms with Gasteiger partial charge in [-0.15, -0.1) is 0 Å². The molecule has 7 aromatic rings. The van der Waals surface area contributed by atoms with E-state index >= 15 is 0 Å². The highest BCUT2D eigenvalue weighted by molar-refractivity contribution is 6.07. The minimum Gasteiger partial charge on any atom is -0.453 e. The van der Waals surface area contributed by atoms with Gasteiger partial charge in [-0.1, -0.05) is 93.4 Å². The molecular formula is C50H52N8O8. The summed E-state index contributed by atoms with van der Waals surface area (Å²) >= 11 is 0. The number of hydrogen-bond donors (Lipinski definition) is 5. The number of likely N-dealkylation sites (tertiary alicyclic amines) is 1. The molecule has 4 amide bonds. The molecule has 16 heteroatoms. The Morgan fingerprint density at radius 1 is 0.773 bits per heavy atom. The van der Waals surface area contributed by atoms with E-state index in [0.29, 0.717) is 42.8 Å². The van der Waals surface area contributed by atoms with E-state index in [2.05, 4.69) is 74.4 Å². The van der Waals surface area contributed by atoms with Gasteiger partial charge in [0, 0.05) is 17.2 Å². The Balaban J connectivity index is 0.924. The Hall–Kier alpha value is -7.04. The zero-order chi connectivity index (χ0) is 45.7. The molecule has 0 radical (unpaired) electrons. The molecule has 0 unspecified atom stereocenters. The van der Waals surface area contributed by atoms with Crippen LogP contribution >= 0.6 is 0 Å². The normalized spacial score (nSPS) is 18.3. The second kappa shape index (κ2) is 17.4. The van der Waals surface area contributed by atoms with Crippen LogP contribution in [0, 0.1) is 11.8 Å². The molecule has 2 saturated heterocycles. The van der Waals surface area contributed by atoms with Crippen LogP contribution in [0.3, 0.4) is 0 Å². The number of carbonyl (C=O) groups is 4. The first-order valence-corrected chi connectivity index (χ1v) is 22.5. The summed E-state index contributed by atoms with van der Waals surface area (Å²) in [7, 11) is 2.55. The van der Waals surface area contributed by atoms with Crippen molar-refractivity contribution in [2.24, 2.45) is 11.8 Å². The summed E-state index contributed by atoms with van der Waals surface area (Å²) in [5, 5.41) is 12.6. The Bertz CT molecular complexity index is 2990. The first-order chi connectivity index (χ1) is 32.0. The van der Waals surface area contributed by atoms with Crippen LogP contribution in [-0.4, -0.2) is 94.6 Å². The maximum Gasteiger partial charge on any atom is 0.407 e. The maximum atomic E-state index is 14.2. The quantitative estimate of drug-likeness (QED) is 0.0804. The zero-order valence-electron chi connectivity index (χ0n) is 37.2. The van der Waals surface area contributed by atoms with E-state index in [1.165, 1.54) is 14.2 Å². The van der Waals surface area contributed by atoms with Gasteiger partial charge in [0.05, 0.1) is 68.1 Å². The molecule has 16 nitrogen and oxygen atoms in total. The van der Waals surface area contributed by atoms with E-state index in [4.69, 9.17) is 28.9 Å². The van der Waals surface area contributed by atoms with Gasteiger partial charge in [0.2, 0.25) is 11.8 Å². The van der Waals surface area contributed by atoms with E-state index in [1.807, 2.05) is 44.2 Å². The number of rotatable bonds is 12. The van der Waals surface area contributed by atoms with Crippen LogP contribution in [-0.2, 0) is 28.5 Å². The molecule has 1 spiro atoms. The summed E-state index contributed by atoms with van der Waals surface area (Å²) in [6.45, 7) is 4.82. The number of ether oxygens (including phenoxy) is 4. The number of alkyl carbamates (subject to hydrolysis) is 2. The molecule has 340 valence electrons. The molecule has 3 fully saturated rings. The number of benzene rings is 5. The molecule has 2 aromatic heterocycles. The Labute approximate surface area is 380 Å². The predicted octanol–water partition coefficient (Wildman–Crippen LogP) is 7.86. The van der Waals surface area contributed by atoms with E-state index in [-0.39, 0.29) is 24.3 Å². The lowest BCUT2D eigenvalue weighted by Crippen LogP contribution is -2.52. The molecule has 5 aromatic carbocycles. The number of fused-ring (bicyclic) bond motifs is 6. The van der Waals surface area contributed by atoms with Crippen molar-refractivity contribution in [2.45, 2.75) is 69.5 Å². The topological polar surface area (TPSA) is 202 Å². The van der Waals surface area contributed by atoms with E-state index in [9.17, 15) is 19.2 Å². The number of methoxy groups -OCH3 is 2. The van der Waals surface area contributed by atoms with Gasteiger partial charge in [0.15, 0.2) is 5.79 Å². The second-order valence-corrected chi connectivity index (χ2v) is 17.9. The van der Waals surface area contributed by atoms with E-state index in [1.54, 1.807) is 17.0 Å². The Kier molecular flexibility index (Phi) is 11.3. The lowest BCUT2D eigenvalue weighted by Gasteiger charge is -2.30. The third kappa shape index (κ3) is 8.26. The van der Waals surface area contributed by atoms with Gasteiger partial charge >= 0.3 is 12.2 Å². The number of nitrogens with zero attached hydrogens (tertiary/aromatic N) is 3. The summed E-state index contributed by atoms with van der Waals surface area (Å²) in [4.78, 5) is 71.5. The maximum absolute atomic E-state index is 14.2. The fraction of sp³-hybridized carbons (Fsp3) is 0.360. The molecule has 3 aliphatic rings. The van der Waals surface area contributed by atoms with Crippen molar-refractivity contribution >= 4 is 67.6 Å². The van der Waals surface area contributed by atoms with Crippen LogP contribution in [0.1, 0.15) is 74.9 Å². The van der Waals surface area contributed by atoms with Crippen molar-refractivity contribution in [2.75, 3.05) is 34.0 Å². The zero-order valence-corrected chi connectivity index (χ0v) is 37.2. The first-order valence-electron chi connectivity index (χ1n) is 22.5. The van der Waals surface area contributed by atoms with Gasteiger partial charge < -0.3 is 49.8 Å². The van der Waals surface area contributed by atoms with Crippen molar-refractivity contribution in [1.29, 1.82) is 0 Å². The average Bonchev–Trinajstić information content (AvgIpc) is 3.68. The number of H-pyrrole nitrogens is 2. The predicted molar refractivity (Wildman–Crippen MR) is 247 cm³/mol. The summed E-state index contributed by atoms with van der Waals surface area (Å²) in [5.74, 6) is -0.0219. The fourth-order valence-corrected chi connectivity index (χ4v) is 9.53. The number of amides is 4. The summed E-state index contributed by atoms with van der Waals surface area (Å²) in [6.07, 6.45) is 1.93. The number of carbonyl (C=O) groups excluding carboxylic acids is 4. The average molecular weight is 893 g/mol. The molecule has 10 rings (SSSR count). The third-order valence-corrected chi connectivity index (χ3v) is 13.2. The van der Waals surface area contributed by atoms with Gasteiger partial charge in [0.1, 0.15) is 23.7 Å². The van der Waals surface area contributed by atoms with Gasteiger partial charge in [-0.05, 0) is 70.0 Å². The highest BCUT2D eigenvalue weighted by atomic mass is 16.7. The van der Waals surface area contributed by atoms with E-state index in [0.717, 1.165) is 74.0 Å². The summed E-state index contributed by atoms with van der Waals surface area (Å²) < 4.78 is 21.9. The van der Waals surface area contributed by atoms with Crippen LogP contribution in [0.25, 0.3) is 54.7 Å². The van der Waals surface area contributed by atoms with Crippen molar-refractivity contribution in [3.05, 3.63) is 108 Å². The number of aromatic nitrogens is 4. The minimum atomic E-state index is -0.956. The molecule has 66 heavy (non-hydrogen) atoms. The van der Waals surface area contributed by atoms with Crippen LogP contribution in [0.4, 0.5) is 9.59 Å². The highest BCUT2D eigenvalue weighted by Crippen LogP contribution is 2.44. The van der Waals surface area contributed by atoms with Gasteiger partial charge in [0.25, 0.3) is 0 Å². The van der Waals surface area contributed by atoms with Crippen LogP contribution in [0.2, 0.25) is 0 Å². The number of nitrogens with one attached hydrogen (secondary N) is 5. The molecule has 2 aliphatic heterocycles. The second-order valence-electron chi connectivity index (χ2n) is 17.9. The molecule has 4 heterocycles. The lowest BCUT2D eigenvalue weighted by molar-refractivity contribution is -0.153. The smallest absolute Gasteiger partial charge is 0.407 e. The number of hydrogen-bond acceptors (Lipinski definition) is 10. The molecular weight excluding hydrogens is 841 g/mol. The van der Waals surface area contributed by atoms with E-state index < -0.39 is 42.1 Å². The monoisotopic (exact) mass is 892 g/mol. The Morgan fingerprint density at radius 3 is 2.02 bits per heavy atom. The summed E-state index contributed by atoms with van der Waals surface area (Å²) in [6, 6.07) is 27.3. The molecule has 1 saturated carbocycles. The minimum absolute atomic E-state index is 0.203. The van der Waals surface area contributed by atoms with Crippen LogP contribution in [0.5, 0.6) is 0 Å². The van der Waals surface area contributed by atoms with Crippen molar-refractivity contribution < 1.29 is 38.1 Å². The molecule has 5 N–H and O–H groups in total. The van der Waals surface area contributed by atoms with Crippen LogP contribution in [0.15, 0.2) is 91.0 Å². The van der Waals surface area contributed by atoms with Crippen molar-refractivity contribution in [3.8, 4) is 11.1 Å². The Morgan fingerprint density at radius 2 is 1.39 bits per heavy atom. The van der Waals surface area contributed by atoms with Gasteiger partial charge in [-0.25, -0.2) is 19.6 Å². The standard InChI is InChI=1S/C50H52N8O8/c1-27(2)40(56-48(61)63-3)47(60)58-26-50(65-20-21-66-50)25-39(58)45-52-37-19-15-33-24-31(13-17-35(33)43(37)55-45)30-12-16-34-32(23-30)14-18-36-42(34)54-44(51-36)38(22-28-10-11-28)53-46(59)41(57-49(62)64-4)29-8-6-5-7-9-29/h5-9,12-19,23-24,27-28,38-41H,10-11,20-22,25-26H2,1-4H3,(H,51,54)(H,52,55)(H,53,59)(H,56,61)(H,57,62)/t38-,39-,40-,41+/m0/s1. The molecule has 1 aliphatic carbocycles. The fourth-order valence-electron chi connectivity index (χ4n) is 9.53. The highest BCUT2D eigenvalue weighted by Gasteiger charge is 2.53. The lowest BCUT2D eigenvalue weighted by atomic mass is 9.98. The molecule has 4 atom stereocenters. The number of aromatic amines is 2. The third-order valence-electron chi connectivity index (χ3n) is 13.2. The van der Waals surface area contributed by atoms with Gasteiger partial charge in [-0.2, -0.15) is 0 Å². The van der Waals surface area contributed by atoms with Gasteiger partial charge in [-0.3, -0.25) is 9.59 Å². The molecule has 0 bridgehead atoms. The van der Waals surface area contributed by atoms with Crippen LogP contribution < -0.4 is 16.0 Å². The SMILES string of the molecule is COC(=O)N[C@H](C(=O)N1CC2(C[C@H]1c1nc3c(ccc4cc(-c5ccc6c(ccc7[nH]c([C@H](CC8CC8)NC(=O)[C@H](NC(=O)OC)c8ccccc8)nc76)c5)ccc43)[nH]1)OCCO2)C(C)C. The van der Waals surface area contributed by atoms with Crippen molar-refractivity contribution in [3.63, 3.8) is 0 Å².